The number of hydrogen-bond acceptors (Lipinski definition) is 3. The zero-order valence-electron chi connectivity index (χ0n) is 7.48. The van der Waals surface area contributed by atoms with Gasteiger partial charge in [0.05, 0.1) is 4.92 Å². The Morgan fingerprint density at radius 3 is 2.71 bits per heavy atom. The third kappa shape index (κ3) is 2.40. The number of nitro groups is 1. The number of benzene rings is 1. The average Bonchev–Trinajstić information content (AvgIpc) is 2.01. The van der Waals surface area contributed by atoms with E-state index in [0.717, 1.165) is 0 Å². The molecule has 0 aliphatic carbocycles. The molecule has 0 bridgehead atoms. The topological polar surface area (TPSA) is 81.2 Å². The second-order valence-electron chi connectivity index (χ2n) is 2.75. The SMILES string of the molecule is Cc1cc(NC(N)=S)ccc1[N+](=O)[O-]. The first-order valence-electron chi connectivity index (χ1n) is 3.82. The summed E-state index contributed by atoms with van der Waals surface area (Å²) in [5.74, 6) is 0. The van der Waals surface area contributed by atoms with Gasteiger partial charge in [-0.1, -0.05) is 0 Å². The molecule has 0 amide bonds. The molecule has 14 heavy (non-hydrogen) atoms. The number of nitrogens with one attached hydrogen (secondary N) is 1. The maximum absolute atomic E-state index is 10.5. The minimum Gasteiger partial charge on any atom is -0.376 e. The monoisotopic (exact) mass is 211 g/mol. The van der Waals surface area contributed by atoms with Gasteiger partial charge in [0.25, 0.3) is 5.69 Å². The average molecular weight is 211 g/mol. The van der Waals surface area contributed by atoms with Crippen molar-refractivity contribution >= 4 is 28.7 Å². The number of rotatable bonds is 2. The van der Waals surface area contributed by atoms with Crippen LogP contribution in [0.2, 0.25) is 0 Å². The molecular formula is C8H9N3O2S. The van der Waals surface area contributed by atoms with Crippen molar-refractivity contribution in [3.63, 3.8) is 0 Å². The van der Waals surface area contributed by atoms with Crippen molar-refractivity contribution in [2.24, 2.45) is 5.73 Å². The van der Waals surface area contributed by atoms with Crippen LogP contribution in [0, 0.1) is 17.0 Å². The van der Waals surface area contributed by atoms with Gasteiger partial charge in [0.1, 0.15) is 0 Å². The van der Waals surface area contributed by atoms with Crippen LogP contribution >= 0.6 is 12.2 Å². The van der Waals surface area contributed by atoms with Crippen molar-refractivity contribution in [3.8, 4) is 0 Å². The first-order valence-corrected chi connectivity index (χ1v) is 4.23. The lowest BCUT2D eigenvalue weighted by molar-refractivity contribution is -0.385. The predicted molar refractivity (Wildman–Crippen MR) is 58.2 cm³/mol. The highest BCUT2D eigenvalue weighted by Crippen LogP contribution is 2.21. The van der Waals surface area contributed by atoms with Gasteiger partial charge in [0, 0.05) is 17.3 Å². The molecule has 0 heterocycles. The molecule has 0 atom stereocenters. The van der Waals surface area contributed by atoms with E-state index in [0.29, 0.717) is 11.3 Å². The number of aryl methyl sites for hydroxylation is 1. The second-order valence-corrected chi connectivity index (χ2v) is 3.19. The Morgan fingerprint density at radius 1 is 1.64 bits per heavy atom. The summed E-state index contributed by atoms with van der Waals surface area (Å²) >= 11 is 4.64. The van der Waals surface area contributed by atoms with Gasteiger partial charge in [-0.3, -0.25) is 10.1 Å². The number of nitrogens with two attached hydrogens (primary N) is 1. The first kappa shape index (κ1) is 10.4. The number of anilines is 1. The smallest absolute Gasteiger partial charge is 0.272 e. The van der Waals surface area contributed by atoms with Gasteiger partial charge in [0.2, 0.25) is 0 Å². The summed E-state index contributed by atoms with van der Waals surface area (Å²) < 4.78 is 0. The third-order valence-corrected chi connectivity index (χ3v) is 1.76. The van der Waals surface area contributed by atoms with Crippen LogP contribution in [0.1, 0.15) is 5.56 Å². The fraction of sp³-hybridized carbons (Fsp3) is 0.125. The number of thiocarbonyl (C=S) groups is 1. The minimum absolute atomic E-state index is 0.0819. The van der Waals surface area contributed by atoms with Crippen molar-refractivity contribution in [1.29, 1.82) is 0 Å². The molecule has 3 N–H and O–H groups in total. The molecule has 1 aromatic rings. The number of nitro benzene ring substituents is 1. The van der Waals surface area contributed by atoms with Crippen LogP contribution in [0.25, 0.3) is 0 Å². The van der Waals surface area contributed by atoms with Crippen molar-refractivity contribution < 1.29 is 4.92 Å². The third-order valence-electron chi connectivity index (χ3n) is 1.66. The van der Waals surface area contributed by atoms with Gasteiger partial charge in [-0.15, -0.1) is 0 Å². The normalized spacial score (nSPS) is 9.50. The Labute approximate surface area is 86.1 Å². The maximum Gasteiger partial charge on any atom is 0.272 e. The van der Waals surface area contributed by atoms with Gasteiger partial charge in [-0.2, -0.15) is 0 Å². The molecule has 0 aromatic heterocycles. The van der Waals surface area contributed by atoms with E-state index in [1.807, 2.05) is 0 Å². The maximum atomic E-state index is 10.5. The molecule has 1 aromatic carbocycles. The molecule has 0 spiro atoms. The zero-order valence-corrected chi connectivity index (χ0v) is 8.30. The van der Waals surface area contributed by atoms with E-state index >= 15 is 0 Å². The van der Waals surface area contributed by atoms with E-state index in [9.17, 15) is 10.1 Å². The summed E-state index contributed by atoms with van der Waals surface area (Å²) in [6.07, 6.45) is 0. The highest BCUT2D eigenvalue weighted by molar-refractivity contribution is 7.80. The van der Waals surface area contributed by atoms with Crippen molar-refractivity contribution in [1.82, 2.24) is 0 Å². The number of nitrogens with zero attached hydrogens (tertiary/aromatic N) is 1. The quantitative estimate of drug-likeness (QED) is 0.440. The lowest BCUT2D eigenvalue weighted by Crippen LogP contribution is -2.18. The van der Waals surface area contributed by atoms with Gasteiger partial charge in [-0.25, -0.2) is 0 Å². The van der Waals surface area contributed by atoms with E-state index in [4.69, 9.17) is 5.73 Å². The molecule has 0 aliphatic heterocycles. The highest BCUT2D eigenvalue weighted by Gasteiger charge is 2.09. The van der Waals surface area contributed by atoms with Crippen LogP contribution in [-0.2, 0) is 0 Å². The zero-order chi connectivity index (χ0) is 10.7. The summed E-state index contributed by atoms with van der Waals surface area (Å²) in [6.45, 7) is 1.66. The first-order chi connectivity index (χ1) is 6.50. The van der Waals surface area contributed by atoms with Gasteiger partial charge >= 0.3 is 0 Å². The van der Waals surface area contributed by atoms with Crippen molar-refractivity contribution in [2.45, 2.75) is 6.92 Å². The Balaban J connectivity index is 3.00. The minimum atomic E-state index is -0.431. The second kappa shape index (κ2) is 4.01. The van der Waals surface area contributed by atoms with E-state index in [1.54, 1.807) is 19.1 Å². The van der Waals surface area contributed by atoms with Gasteiger partial charge in [-0.05, 0) is 31.3 Å². The summed E-state index contributed by atoms with van der Waals surface area (Å²) in [7, 11) is 0. The summed E-state index contributed by atoms with van der Waals surface area (Å²) in [4.78, 5) is 10.1. The Bertz CT molecular complexity index is 392. The van der Waals surface area contributed by atoms with Crippen LogP contribution in [0.5, 0.6) is 0 Å². The van der Waals surface area contributed by atoms with Crippen LogP contribution < -0.4 is 11.1 Å². The Kier molecular flexibility index (Phi) is 2.98. The lowest BCUT2D eigenvalue weighted by Gasteiger charge is -2.04. The van der Waals surface area contributed by atoms with Crippen molar-refractivity contribution in [3.05, 3.63) is 33.9 Å². The molecule has 0 fully saturated rings. The molecule has 0 unspecified atom stereocenters. The van der Waals surface area contributed by atoms with Gasteiger partial charge < -0.3 is 11.1 Å². The highest BCUT2D eigenvalue weighted by atomic mass is 32.1. The standard InChI is InChI=1S/C8H9N3O2S/c1-5-4-6(10-8(9)14)2-3-7(5)11(12)13/h2-4H,1H3,(H3,9,10,14). The van der Waals surface area contributed by atoms with E-state index in [2.05, 4.69) is 17.5 Å². The lowest BCUT2D eigenvalue weighted by atomic mass is 10.2. The van der Waals surface area contributed by atoms with E-state index in [-0.39, 0.29) is 10.8 Å². The van der Waals surface area contributed by atoms with E-state index in [1.165, 1.54) is 6.07 Å². The summed E-state index contributed by atoms with van der Waals surface area (Å²) in [5.41, 5.74) is 6.56. The van der Waals surface area contributed by atoms with Gasteiger partial charge in [0.15, 0.2) is 5.11 Å². The molecule has 5 nitrogen and oxygen atoms in total. The molecule has 0 saturated carbocycles. The van der Waals surface area contributed by atoms with Crippen LogP contribution in [0.4, 0.5) is 11.4 Å². The summed E-state index contributed by atoms with van der Waals surface area (Å²) in [5, 5.41) is 13.3. The van der Waals surface area contributed by atoms with Crippen LogP contribution in [0.3, 0.4) is 0 Å². The fourth-order valence-electron chi connectivity index (χ4n) is 1.08. The molecule has 0 radical (unpaired) electrons. The molecule has 6 heteroatoms. The summed E-state index contributed by atoms with van der Waals surface area (Å²) in [6, 6.07) is 4.59. The fourth-order valence-corrected chi connectivity index (χ4v) is 1.20. The molecular weight excluding hydrogens is 202 g/mol. The Morgan fingerprint density at radius 2 is 2.29 bits per heavy atom. The molecule has 0 aliphatic rings. The van der Waals surface area contributed by atoms with Crippen molar-refractivity contribution in [2.75, 3.05) is 5.32 Å². The number of hydrogen-bond donors (Lipinski definition) is 2. The Hall–Kier alpha value is -1.69. The molecule has 74 valence electrons. The predicted octanol–water partition coefficient (Wildman–Crippen LogP) is 1.56. The largest absolute Gasteiger partial charge is 0.376 e. The van der Waals surface area contributed by atoms with Crippen LogP contribution in [0.15, 0.2) is 18.2 Å². The van der Waals surface area contributed by atoms with E-state index < -0.39 is 4.92 Å². The molecule has 1 rings (SSSR count). The van der Waals surface area contributed by atoms with Crippen LogP contribution in [-0.4, -0.2) is 10.0 Å². The molecule has 0 saturated heterocycles.